The lowest BCUT2D eigenvalue weighted by atomic mass is 9.92. The van der Waals surface area contributed by atoms with Crippen molar-refractivity contribution >= 4 is 22.6 Å². The number of alkyl halides is 1. The van der Waals surface area contributed by atoms with Gasteiger partial charge in [0.2, 0.25) is 11.7 Å². The number of rotatable bonds is 2. The Kier molecular flexibility index (Phi) is 3.24. The molecule has 5 nitrogen and oxygen atoms in total. The summed E-state index contributed by atoms with van der Waals surface area (Å²) < 4.78 is 10.9. The molecule has 0 amide bonds. The minimum absolute atomic E-state index is 0.0544. The maximum absolute atomic E-state index is 5.49. The minimum atomic E-state index is -0.0544. The van der Waals surface area contributed by atoms with E-state index in [1.807, 2.05) is 13.0 Å². The van der Waals surface area contributed by atoms with E-state index in [9.17, 15) is 0 Å². The standard InChI is InChI=1S/C11H14IN3O2/c1-6(12)9-13-14-10(16-9)7-5-8(15-17-7)11(2,3)4/h5-6H,1-4H3. The van der Waals surface area contributed by atoms with Crippen LogP contribution in [0.25, 0.3) is 11.7 Å². The van der Waals surface area contributed by atoms with Crippen LogP contribution in [0.1, 0.15) is 43.2 Å². The van der Waals surface area contributed by atoms with E-state index >= 15 is 0 Å². The van der Waals surface area contributed by atoms with Crippen LogP contribution in [0.3, 0.4) is 0 Å². The smallest absolute Gasteiger partial charge is 0.286 e. The maximum atomic E-state index is 5.49. The van der Waals surface area contributed by atoms with Crippen molar-refractivity contribution in [1.82, 2.24) is 15.4 Å². The van der Waals surface area contributed by atoms with Crippen molar-refractivity contribution in [3.63, 3.8) is 0 Å². The van der Waals surface area contributed by atoms with Gasteiger partial charge < -0.3 is 8.94 Å². The van der Waals surface area contributed by atoms with Crippen molar-refractivity contribution < 1.29 is 8.94 Å². The van der Waals surface area contributed by atoms with Crippen LogP contribution in [0.15, 0.2) is 15.0 Å². The van der Waals surface area contributed by atoms with Crippen molar-refractivity contribution in [3.8, 4) is 11.7 Å². The molecule has 17 heavy (non-hydrogen) atoms. The molecular weight excluding hydrogens is 333 g/mol. The predicted octanol–water partition coefficient (Wildman–Crippen LogP) is 3.52. The molecule has 0 radical (unpaired) electrons. The largest absolute Gasteiger partial charge is 0.417 e. The molecule has 2 rings (SSSR count). The molecule has 2 heterocycles. The maximum Gasteiger partial charge on any atom is 0.286 e. The Bertz CT molecular complexity index is 511. The molecular formula is C11H14IN3O2. The summed E-state index contributed by atoms with van der Waals surface area (Å²) in [6.45, 7) is 8.20. The number of aromatic nitrogens is 3. The summed E-state index contributed by atoms with van der Waals surface area (Å²) in [6.07, 6.45) is 0. The van der Waals surface area contributed by atoms with E-state index in [1.54, 1.807) is 0 Å². The van der Waals surface area contributed by atoms with Crippen molar-refractivity contribution in [2.24, 2.45) is 0 Å². The highest BCUT2D eigenvalue weighted by atomic mass is 127. The van der Waals surface area contributed by atoms with Crippen LogP contribution in [0.2, 0.25) is 0 Å². The van der Waals surface area contributed by atoms with E-state index in [2.05, 4.69) is 58.7 Å². The predicted molar refractivity (Wildman–Crippen MR) is 70.9 cm³/mol. The molecule has 1 unspecified atom stereocenters. The quantitative estimate of drug-likeness (QED) is 0.614. The average Bonchev–Trinajstić information content (AvgIpc) is 2.85. The lowest BCUT2D eigenvalue weighted by molar-refractivity contribution is 0.388. The third-order valence-electron chi connectivity index (χ3n) is 2.27. The van der Waals surface area contributed by atoms with Gasteiger partial charge in [0, 0.05) is 11.5 Å². The number of hydrogen-bond donors (Lipinski definition) is 0. The fourth-order valence-electron chi connectivity index (χ4n) is 1.22. The highest BCUT2D eigenvalue weighted by molar-refractivity contribution is 14.1. The first-order valence-corrected chi connectivity index (χ1v) is 6.57. The Morgan fingerprint density at radius 2 is 2.00 bits per heavy atom. The van der Waals surface area contributed by atoms with Gasteiger partial charge >= 0.3 is 0 Å². The van der Waals surface area contributed by atoms with Crippen LogP contribution in [0.5, 0.6) is 0 Å². The third kappa shape index (κ3) is 2.67. The van der Waals surface area contributed by atoms with Crippen molar-refractivity contribution in [1.29, 1.82) is 0 Å². The molecule has 6 heteroatoms. The molecule has 0 saturated heterocycles. The van der Waals surface area contributed by atoms with Crippen LogP contribution in [-0.4, -0.2) is 15.4 Å². The Morgan fingerprint density at radius 1 is 1.29 bits per heavy atom. The number of hydrogen-bond acceptors (Lipinski definition) is 5. The Morgan fingerprint density at radius 3 is 2.47 bits per heavy atom. The van der Waals surface area contributed by atoms with Gasteiger partial charge in [0.1, 0.15) is 0 Å². The first kappa shape index (κ1) is 12.5. The number of halogens is 1. The molecule has 0 N–H and O–H groups in total. The Labute approximate surface area is 113 Å². The van der Waals surface area contributed by atoms with Gasteiger partial charge in [-0.2, -0.15) is 0 Å². The minimum Gasteiger partial charge on any atom is -0.417 e. The van der Waals surface area contributed by atoms with E-state index in [4.69, 9.17) is 8.94 Å². The van der Waals surface area contributed by atoms with Gasteiger partial charge in [0.15, 0.2) is 0 Å². The fraction of sp³-hybridized carbons (Fsp3) is 0.545. The lowest BCUT2D eigenvalue weighted by Gasteiger charge is -2.12. The van der Waals surface area contributed by atoms with Gasteiger partial charge in [-0.05, 0) is 6.92 Å². The van der Waals surface area contributed by atoms with Crippen LogP contribution in [-0.2, 0) is 5.41 Å². The molecule has 0 spiro atoms. The summed E-state index contributed by atoms with van der Waals surface area (Å²) in [7, 11) is 0. The molecule has 0 aliphatic heterocycles. The zero-order valence-electron chi connectivity index (χ0n) is 10.2. The van der Waals surface area contributed by atoms with E-state index in [0.29, 0.717) is 17.5 Å². The van der Waals surface area contributed by atoms with Gasteiger partial charge in [0.05, 0.1) is 9.62 Å². The summed E-state index contributed by atoms with van der Waals surface area (Å²) >= 11 is 2.22. The van der Waals surface area contributed by atoms with Gasteiger partial charge in [-0.3, -0.25) is 0 Å². The van der Waals surface area contributed by atoms with Crippen LogP contribution in [0.4, 0.5) is 0 Å². The number of nitrogens with zero attached hydrogens (tertiary/aromatic N) is 3. The summed E-state index contributed by atoms with van der Waals surface area (Å²) in [5, 5.41) is 11.9. The SMILES string of the molecule is CC(I)c1nnc(-c2cc(C(C)(C)C)no2)o1. The van der Waals surface area contributed by atoms with E-state index in [1.165, 1.54) is 0 Å². The average molecular weight is 347 g/mol. The van der Waals surface area contributed by atoms with E-state index < -0.39 is 0 Å². The van der Waals surface area contributed by atoms with Crippen molar-refractivity contribution in [3.05, 3.63) is 17.7 Å². The topological polar surface area (TPSA) is 65.0 Å². The first-order chi connectivity index (χ1) is 7.88. The second-order valence-electron chi connectivity index (χ2n) is 4.89. The Balaban J connectivity index is 2.31. The zero-order valence-corrected chi connectivity index (χ0v) is 12.3. The van der Waals surface area contributed by atoms with Gasteiger partial charge in [-0.15, -0.1) is 10.2 Å². The third-order valence-corrected chi connectivity index (χ3v) is 2.80. The van der Waals surface area contributed by atoms with Crippen molar-refractivity contribution in [2.75, 3.05) is 0 Å². The normalized spacial score (nSPS) is 13.9. The summed E-state index contributed by atoms with van der Waals surface area (Å²) in [5.74, 6) is 1.49. The molecule has 1 atom stereocenters. The molecule has 0 aliphatic carbocycles. The summed E-state index contributed by atoms with van der Waals surface area (Å²) in [6, 6.07) is 1.84. The molecule has 0 aromatic carbocycles. The highest BCUT2D eigenvalue weighted by Crippen LogP contribution is 2.28. The van der Waals surface area contributed by atoms with E-state index in [0.717, 1.165) is 5.69 Å². The lowest BCUT2D eigenvalue weighted by Crippen LogP contribution is -2.10. The molecule has 0 bridgehead atoms. The Hall–Kier alpha value is -0.920. The molecule has 92 valence electrons. The van der Waals surface area contributed by atoms with Crippen LogP contribution < -0.4 is 0 Å². The van der Waals surface area contributed by atoms with Crippen molar-refractivity contribution in [2.45, 2.75) is 37.0 Å². The van der Waals surface area contributed by atoms with E-state index in [-0.39, 0.29) is 9.34 Å². The molecule has 2 aromatic heterocycles. The van der Waals surface area contributed by atoms with Crippen LogP contribution in [0, 0.1) is 0 Å². The first-order valence-electron chi connectivity index (χ1n) is 5.33. The summed E-state index contributed by atoms with van der Waals surface area (Å²) in [5.41, 5.74) is 0.816. The second kappa shape index (κ2) is 4.40. The molecule has 0 saturated carbocycles. The second-order valence-corrected chi connectivity index (χ2v) is 6.76. The highest BCUT2D eigenvalue weighted by Gasteiger charge is 2.22. The van der Waals surface area contributed by atoms with Gasteiger partial charge in [-0.25, -0.2) is 0 Å². The zero-order chi connectivity index (χ0) is 12.6. The monoisotopic (exact) mass is 347 g/mol. The van der Waals surface area contributed by atoms with Gasteiger partial charge in [0.25, 0.3) is 5.89 Å². The van der Waals surface area contributed by atoms with Crippen LogP contribution >= 0.6 is 22.6 Å². The molecule has 2 aromatic rings. The molecule has 0 aliphatic rings. The van der Waals surface area contributed by atoms with Gasteiger partial charge in [-0.1, -0.05) is 48.5 Å². The fourth-order valence-corrected chi connectivity index (χ4v) is 1.48. The molecule has 0 fully saturated rings. The summed E-state index contributed by atoms with van der Waals surface area (Å²) in [4.78, 5) is 0.